The summed E-state index contributed by atoms with van der Waals surface area (Å²) in [7, 11) is 1.74. The number of allylic oxidation sites excluding steroid dienone is 4. The van der Waals surface area contributed by atoms with Gasteiger partial charge in [0.2, 0.25) is 5.91 Å². The Morgan fingerprint density at radius 2 is 2.09 bits per heavy atom. The lowest BCUT2D eigenvalue weighted by atomic mass is 10.2. The van der Waals surface area contributed by atoms with Crippen molar-refractivity contribution in [3.63, 3.8) is 0 Å². The topological polar surface area (TPSA) is 74.4 Å². The van der Waals surface area contributed by atoms with E-state index in [0.29, 0.717) is 36.3 Å². The van der Waals surface area contributed by atoms with Gasteiger partial charge in [-0.1, -0.05) is 37.0 Å². The van der Waals surface area contributed by atoms with Gasteiger partial charge in [0.15, 0.2) is 0 Å². The Morgan fingerprint density at radius 3 is 2.63 bits per heavy atom. The summed E-state index contributed by atoms with van der Waals surface area (Å²) in [6, 6.07) is 4.58. The molecule has 0 radical (unpaired) electrons. The summed E-state index contributed by atoms with van der Waals surface area (Å²) in [5, 5.41) is 3.16. The molecule has 2 saturated heterocycles. The first-order valence-corrected chi connectivity index (χ1v) is 11.7. The molecule has 2 fully saturated rings. The van der Waals surface area contributed by atoms with E-state index >= 15 is 0 Å². The maximum atomic E-state index is 14.6. The molecular formula is C25H33FN4O4S. The molecule has 0 aromatic heterocycles. The van der Waals surface area contributed by atoms with Crippen molar-refractivity contribution in [3.8, 4) is 0 Å². The highest BCUT2D eigenvalue weighted by molar-refractivity contribution is 7.80. The number of ether oxygens (including phenoxy) is 2. The van der Waals surface area contributed by atoms with E-state index in [1.807, 2.05) is 32.1 Å². The summed E-state index contributed by atoms with van der Waals surface area (Å²) >= 11 is 4.70. The van der Waals surface area contributed by atoms with Gasteiger partial charge in [0.05, 0.1) is 37.2 Å². The van der Waals surface area contributed by atoms with Gasteiger partial charge in [-0.05, 0) is 51.2 Å². The lowest BCUT2D eigenvalue weighted by molar-refractivity contribution is -0.126. The van der Waals surface area contributed by atoms with E-state index in [0.717, 1.165) is 0 Å². The van der Waals surface area contributed by atoms with E-state index < -0.39 is 11.9 Å². The number of carbonyl (C=O) groups is 2. The number of rotatable bonds is 7. The number of nitrogens with zero attached hydrogens (tertiary/aromatic N) is 3. The zero-order valence-corrected chi connectivity index (χ0v) is 21.4. The summed E-state index contributed by atoms with van der Waals surface area (Å²) in [5.41, 5.74) is 0.788. The van der Waals surface area contributed by atoms with Crippen LogP contribution in [0.25, 0.3) is 0 Å². The Balaban J connectivity index is 0.000000466. The molecule has 0 aliphatic carbocycles. The highest BCUT2D eigenvalue weighted by Gasteiger charge is 2.31. The zero-order valence-electron chi connectivity index (χ0n) is 20.6. The number of hydrogen-bond acceptors (Lipinski definition) is 6. The van der Waals surface area contributed by atoms with E-state index in [1.54, 1.807) is 48.1 Å². The number of halogens is 1. The molecule has 2 heterocycles. The first-order chi connectivity index (χ1) is 16.7. The van der Waals surface area contributed by atoms with Gasteiger partial charge in [0.1, 0.15) is 11.9 Å². The largest absolute Gasteiger partial charge is 0.468 e. The van der Waals surface area contributed by atoms with Gasteiger partial charge < -0.3 is 24.6 Å². The second-order valence-corrected chi connectivity index (χ2v) is 8.52. The maximum Gasteiger partial charge on any atom is 0.414 e. The van der Waals surface area contributed by atoms with E-state index in [-0.39, 0.29) is 24.7 Å². The lowest BCUT2D eigenvalue weighted by Gasteiger charge is -2.21. The highest BCUT2D eigenvalue weighted by Crippen LogP contribution is 2.29. The fourth-order valence-corrected chi connectivity index (χ4v) is 3.53. The normalized spacial score (nSPS) is 17.8. The number of hydrogen-bond donors (Lipinski definition) is 1. The summed E-state index contributed by atoms with van der Waals surface area (Å²) in [6.07, 6.45) is 8.46. The fraction of sp³-hybridized carbons (Fsp3) is 0.400. The van der Waals surface area contributed by atoms with Crippen molar-refractivity contribution >= 4 is 40.8 Å². The minimum Gasteiger partial charge on any atom is -0.468 e. The van der Waals surface area contributed by atoms with Crippen LogP contribution < -0.4 is 15.1 Å². The molecule has 2 aliphatic rings. The fourth-order valence-electron chi connectivity index (χ4n) is 3.34. The van der Waals surface area contributed by atoms with E-state index in [4.69, 9.17) is 21.7 Å². The number of amides is 2. The molecule has 1 unspecified atom stereocenters. The minimum absolute atomic E-state index is 0.0622. The van der Waals surface area contributed by atoms with Crippen molar-refractivity contribution in [3.05, 3.63) is 61.0 Å². The zero-order chi connectivity index (χ0) is 26.0. The average Bonchev–Trinajstić information content (AvgIpc) is 3.34. The minimum atomic E-state index is -0.477. The van der Waals surface area contributed by atoms with E-state index in [1.165, 1.54) is 11.0 Å². The molecule has 10 heteroatoms. The Kier molecular flexibility index (Phi) is 10.7. The van der Waals surface area contributed by atoms with E-state index in [2.05, 4.69) is 11.9 Å². The molecule has 1 N–H and O–H groups in total. The van der Waals surface area contributed by atoms with Crippen LogP contribution in [0.5, 0.6) is 0 Å². The number of carbonyl (C=O) groups excluding carboxylic acids is 2. The van der Waals surface area contributed by atoms with Gasteiger partial charge >= 0.3 is 6.09 Å². The van der Waals surface area contributed by atoms with Crippen LogP contribution >= 0.6 is 12.2 Å². The number of thiocarbonyl (C=S) groups is 1. The Bertz CT molecular complexity index is 982. The standard InChI is InChI=1S/C20H22FN3O3.C5H11NOS/c1-3-4-5-6-7-10-22-14-23(13-19(22)25)18-9-8-16(11-17(18)21)24-12-15(2)27-20(24)26;1-4(2)7-5(8)6-3/h3-9,11,15H,1,10,12-14H2,2H3;4H,1-3H3,(H,6,8)/b5-4-,7-6-;. The van der Waals surface area contributed by atoms with Crippen LogP contribution in [-0.4, -0.2) is 67.6 Å². The SMILES string of the molecule is C=C/C=C\C=C/CN1CN(c2ccc(N3CC(C)OC3=O)cc2F)CC1=O.CNC(=S)OC(C)C. The van der Waals surface area contributed by atoms with Crippen molar-refractivity contribution in [2.45, 2.75) is 33.0 Å². The molecule has 1 aromatic rings. The third-order valence-electron chi connectivity index (χ3n) is 4.93. The predicted molar refractivity (Wildman–Crippen MR) is 140 cm³/mol. The molecule has 1 aromatic carbocycles. The van der Waals surface area contributed by atoms with Crippen molar-refractivity contribution in [1.82, 2.24) is 10.2 Å². The van der Waals surface area contributed by atoms with E-state index in [9.17, 15) is 14.0 Å². The van der Waals surface area contributed by atoms with Crippen LogP contribution in [0.2, 0.25) is 0 Å². The van der Waals surface area contributed by atoms with Gasteiger partial charge in [0, 0.05) is 13.6 Å². The van der Waals surface area contributed by atoms with Crippen LogP contribution in [0, 0.1) is 5.82 Å². The lowest BCUT2D eigenvalue weighted by Crippen LogP contribution is -2.28. The summed E-state index contributed by atoms with van der Waals surface area (Å²) in [4.78, 5) is 28.7. The van der Waals surface area contributed by atoms with Crippen molar-refractivity contribution in [2.24, 2.45) is 0 Å². The number of cyclic esters (lactones) is 1. The van der Waals surface area contributed by atoms with Crippen LogP contribution in [0.15, 0.2) is 55.2 Å². The second kappa shape index (κ2) is 13.5. The summed E-state index contributed by atoms with van der Waals surface area (Å²) in [6.45, 7) is 10.5. The van der Waals surface area contributed by atoms with Gasteiger partial charge in [0.25, 0.3) is 5.17 Å². The Morgan fingerprint density at radius 1 is 1.34 bits per heavy atom. The Hall–Kier alpha value is -3.40. The Labute approximate surface area is 211 Å². The molecule has 0 bridgehead atoms. The van der Waals surface area contributed by atoms with Gasteiger partial charge in [-0.2, -0.15) is 0 Å². The molecule has 1 atom stereocenters. The van der Waals surface area contributed by atoms with Crippen LogP contribution in [0.3, 0.4) is 0 Å². The molecule has 190 valence electrons. The molecule has 3 rings (SSSR count). The van der Waals surface area contributed by atoms with Gasteiger partial charge in [-0.3, -0.25) is 9.69 Å². The third kappa shape index (κ3) is 8.40. The smallest absolute Gasteiger partial charge is 0.414 e. The third-order valence-corrected chi connectivity index (χ3v) is 5.23. The summed E-state index contributed by atoms with van der Waals surface area (Å²) < 4.78 is 24.7. The first kappa shape index (κ1) is 27.8. The number of benzene rings is 1. The molecule has 0 saturated carbocycles. The average molecular weight is 505 g/mol. The first-order valence-electron chi connectivity index (χ1n) is 11.3. The monoisotopic (exact) mass is 504 g/mol. The second-order valence-electron chi connectivity index (χ2n) is 8.15. The van der Waals surface area contributed by atoms with Crippen LogP contribution in [-0.2, 0) is 14.3 Å². The highest BCUT2D eigenvalue weighted by atomic mass is 32.1. The van der Waals surface area contributed by atoms with Crippen molar-refractivity contribution in [2.75, 3.05) is 43.2 Å². The van der Waals surface area contributed by atoms with Crippen LogP contribution in [0.1, 0.15) is 20.8 Å². The number of anilines is 2. The van der Waals surface area contributed by atoms with Crippen molar-refractivity contribution in [1.29, 1.82) is 0 Å². The summed E-state index contributed by atoms with van der Waals surface area (Å²) in [5.74, 6) is -0.535. The molecular weight excluding hydrogens is 471 g/mol. The molecule has 8 nitrogen and oxygen atoms in total. The van der Waals surface area contributed by atoms with Crippen molar-refractivity contribution < 1.29 is 23.5 Å². The molecule has 35 heavy (non-hydrogen) atoms. The quantitative estimate of drug-likeness (QED) is 0.445. The van der Waals surface area contributed by atoms with Gasteiger partial charge in [-0.25, -0.2) is 9.18 Å². The molecule has 0 spiro atoms. The molecule has 2 amide bonds. The molecule has 2 aliphatic heterocycles. The maximum absolute atomic E-state index is 14.6. The van der Waals surface area contributed by atoms with Crippen LogP contribution in [0.4, 0.5) is 20.6 Å². The number of nitrogens with one attached hydrogen (secondary N) is 1. The van der Waals surface area contributed by atoms with Gasteiger partial charge in [-0.15, -0.1) is 0 Å². The predicted octanol–water partition coefficient (Wildman–Crippen LogP) is 3.99.